The SMILES string of the molecule is CC1CN(C(=O)CSc2ccccc2Cl)CC(CO)O1. The number of aliphatic hydroxyl groups excluding tert-OH is 1. The molecule has 2 rings (SSSR count). The minimum Gasteiger partial charge on any atom is -0.394 e. The van der Waals surface area contributed by atoms with Crippen molar-refractivity contribution in [1.82, 2.24) is 4.90 Å². The summed E-state index contributed by atoms with van der Waals surface area (Å²) >= 11 is 7.50. The number of ether oxygens (including phenoxy) is 1. The molecule has 1 aliphatic heterocycles. The Hall–Kier alpha value is -0.750. The molecule has 0 saturated carbocycles. The van der Waals surface area contributed by atoms with E-state index < -0.39 is 0 Å². The summed E-state index contributed by atoms with van der Waals surface area (Å²) in [5.74, 6) is 0.387. The molecule has 0 aliphatic carbocycles. The molecule has 0 aromatic heterocycles. The molecule has 1 aliphatic rings. The van der Waals surface area contributed by atoms with E-state index in [0.717, 1.165) is 4.90 Å². The molecule has 0 spiro atoms. The third-order valence-corrected chi connectivity index (χ3v) is 4.57. The summed E-state index contributed by atoms with van der Waals surface area (Å²) in [7, 11) is 0. The third-order valence-electron chi connectivity index (χ3n) is 3.07. The Bertz CT molecular complexity index is 471. The standard InChI is InChI=1S/C14H18ClNO3S/c1-10-6-16(7-11(8-17)19-10)14(18)9-20-13-5-3-2-4-12(13)15/h2-5,10-11,17H,6-9H2,1H3. The highest BCUT2D eigenvalue weighted by Crippen LogP contribution is 2.27. The largest absolute Gasteiger partial charge is 0.394 e. The molecule has 1 fully saturated rings. The van der Waals surface area contributed by atoms with Gasteiger partial charge in [-0.25, -0.2) is 0 Å². The molecule has 2 unspecified atom stereocenters. The van der Waals surface area contributed by atoms with Gasteiger partial charge in [0.2, 0.25) is 5.91 Å². The minimum atomic E-state index is -0.284. The molecule has 6 heteroatoms. The zero-order chi connectivity index (χ0) is 14.5. The van der Waals surface area contributed by atoms with Crippen LogP contribution in [0.2, 0.25) is 5.02 Å². The van der Waals surface area contributed by atoms with E-state index in [1.165, 1.54) is 11.8 Å². The summed E-state index contributed by atoms with van der Waals surface area (Å²) < 4.78 is 5.53. The molecule has 1 amide bonds. The van der Waals surface area contributed by atoms with Gasteiger partial charge >= 0.3 is 0 Å². The number of halogens is 1. The maximum atomic E-state index is 12.2. The molecule has 0 radical (unpaired) electrons. The monoisotopic (exact) mass is 315 g/mol. The van der Waals surface area contributed by atoms with E-state index in [2.05, 4.69) is 0 Å². The molecule has 1 saturated heterocycles. The molecule has 20 heavy (non-hydrogen) atoms. The molecule has 4 nitrogen and oxygen atoms in total. The lowest BCUT2D eigenvalue weighted by molar-refractivity contribution is -0.144. The average Bonchev–Trinajstić information content (AvgIpc) is 2.45. The van der Waals surface area contributed by atoms with Gasteiger partial charge in [0.1, 0.15) is 0 Å². The summed E-state index contributed by atoms with van der Waals surface area (Å²) in [5, 5.41) is 9.83. The first-order chi connectivity index (χ1) is 9.60. The fourth-order valence-corrected chi connectivity index (χ4v) is 3.28. The van der Waals surface area contributed by atoms with Crippen molar-refractivity contribution in [3.63, 3.8) is 0 Å². The second-order valence-electron chi connectivity index (χ2n) is 4.77. The van der Waals surface area contributed by atoms with E-state index in [0.29, 0.717) is 23.9 Å². The van der Waals surface area contributed by atoms with Gasteiger partial charge in [0, 0.05) is 18.0 Å². The number of hydrogen-bond donors (Lipinski definition) is 1. The Morgan fingerprint density at radius 1 is 1.50 bits per heavy atom. The van der Waals surface area contributed by atoms with Gasteiger partial charge in [0.05, 0.1) is 29.6 Å². The number of hydrogen-bond acceptors (Lipinski definition) is 4. The van der Waals surface area contributed by atoms with Gasteiger partial charge in [-0.1, -0.05) is 23.7 Å². The second-order valence-corrected chi connectivity index (χ2v) is 6.19. The lowest BCUT2D eigenvalue weighted by Crippen LogP contribution is -2.50. The van der Waals surface area contributed by atoms with Crippen LogP contribution in [0, 0.1) is 0 Å². The number of aliphatic hydroxyl groups is 1. The number of benzene rings is 1. The van der Waals surface area contributed by atoms with Crippen LogP contribution in [0.3, 0.4) is 0 Å². The van der Waals surface area contributed by atoms with E-state index in [4.69, 9.17) is 21.4 Å². The second kappa shape index (κ2) is 7.31. The van der Waals surface area contributed by atoms with E-state index in [-0.39, 0.29) is 24.7 Å². The predicted octanol–water partition coefficient (Wildman–Crippen LogP) is 2.04. The van der Waals surface area contributed by atoms with Crippen LogP contribution in [0.5, 0.6) is 0 Å². The van der Waals surface area contributed by atoms with Gasteiger partial charge in [-0.3, -0.25) is 4.79 Å². The van der Waals surface area contributed by atoms with Gasteiger partial charge in [-0.05, 0) is 19.1 Å². The van der Waals surface area contributed by atoms with Crippen molar-refractivity contribution in [1.29, 1.82) is 0 Å². The zero-order valence-corrected chi connectivity index (χ0v) is 12.9. The van der Waals surface area contributed by atoms with Crippen LogP contribution in [-0.2, 0) is 9.53 Å². The van der Waals surface area contributed by atoms with Crippen molar-refractivity contribution < 1.29 is 14.6 Å². The summed E-state index contributed by atoms with van der Waals surface area (Å²) in [6.07, 6.45) is -0.330. The van der Waals surface area contributed by atoms with Crippen LogP contribution >= 0.6 is 23.4 Å². The Labute approximate surface area is 128 Å². The summed E-state index contributed by atoms with van der Waals surface area (Å²) in [6, 6.07) is 7.48. The molecule has 1 heterocycles. The van der Waals surface area contributed by atoms with Gasteiger partial charge in [0.25, 0.3) is 0 Å². The maximum Gasteiger partial charge on any atom is 0.233 e. The van der Waals surface area contributed by atoms with Crippen molar-refractivity contribution in [2.75, 3.05) is 25.4 Å². The average molecular weight is 316 g/mol. The van der Waals surface area contributed by atoms with Crippen molar-refractivity contribution in [3.8, 4) is 0 Å². The van der Waals surface area contributed by atoms with Crippen LogP contribution in [0.4, 0.5) is 0 Å². The Balaban J connectivity index is 1.90. The van der Waals surface area contributed by atoms with Crippen LogP contribution < -0.4 is 0 Å². The highest BCUT2D eigenvalue weighted by Gasteiger charge is 2.27. The van der Waals surface area contributed by atoms with Crippen LogP contribution in [0.1, 0.15) is 6.92 Å². The zero-order valence-electron chi connectivity index (χ0n) is 11.3. The smallest absolute Gasteiger partial charge is 0.233 e. The summed E-state index contributed by atoms with van der Waals surface area (Å²) in [4.78, 5) is 14.9. The van der Waals surface area contributed by atoms with Gasteiger partial charge < -0.3 is 14.7 Å². The van der Waals surface area contributed by atoms with Crippen molar-refractivity contribution in [2.45, 2.75) is 24.0 Å². The normalized spacial score (nSPS) is 22.9. The van der Waals surface area contributed by atoms with E-state index >= 15 is 0 Å². The van der Waals surface area contributed by atoms with Crippen LogP contribution in [-0.4, -0.2) is 53.6 Å². The topological polar surface area (TPSA) is 49.8 Å². The molecular weight excluding hydrogens is 298 g/mol. The number of morpholine rings is 1. The summed E-state index contributed by atoms with van der Waals surface area (Å²) in [6.45, 7) is 2.86. The number of nitrogens with zero attached hydrogens (tertiary/aromatic N) is 1. The number of carbonyl (C=O) groups excluding carboxylic acids is 1. The number of thioether (sulfide) groups is 1. The summed E-state index contributed by atoms with van der Waals surface area (Å²) in [5.41, 5.74) is 0. The van der Waals surface area contributed by atoms with Crippen LogP contribution in [0.25, 0.3) is 0 Å². The quantitative estimate of drug-likeness (QED) is 0.864. The highest BCUT2D eigenvalue weighted by atomic mass is 35.5. The molecular formula is C14H18ClNO3S. The third kappa shape index (κ3) is 4.12. The first kappa shape index (κ1) is 15.6. The fourth-order valence-electron chi connectivity index (χ4n) is 2.14. The molecule has 1 aromatic carbocycles. The van der Waals surface area contributed by atoms with Crippen molar-refractivity contribution >= 4 is 29.3 Å². The Morgan fingerprint density at radius 3 is 2.95 bits per heavy atom. The van der Waals surface area contributed by atoms with E-state index in [1.54, 1.807) is 4.90 Å². The molecule has 1 aromatic rings. The number of carbonyl (C=O) groups is 1. The minimum absolute atomic E-state index is 0.0449. The molecule has 2 atom stereocenters. The Kier molecular flexibility index (Phi) is 5.72. The van der Waals surface area contributed by atoms with Gasteiger partial charge in [0.15, 0.2) is 0 Å². The van der Waals surface area contributed by atoms with Crippen LogP contribution in [0.15, 0.2) is 29.2 Å². The predicted molar refractivity (Wildman–Crippen MR) is 80.2 cm³/mol. The fraction of sp³-hybridized carbons (Fsp3) is 0.500. The number of rotatable bonds is 4. The highest BCUT2D eigenvalue weighted by molar-refractivity contribution is 8.00. The molecule has 110 valence electrons. The molecule has 0 bridgehead atoms. The first-order valence-corrected chi connectivity index (χ1v) is 7.88. The van der Waals surface area contributed by atoms with E-state index in [1.807, 2.05) is 31.2 Å². The van der Waals surface area contributed by atoms with Crippen molar-refractivity contribution in [3.05, 3.63) is 29.3 Å². The number of amides is 1. The Morgan fingerprint density at radius 2 is 2.25 bits per heavy atom. The van der Waals surface area contributed by atoms with Gasteiger partial charge in [-0.2, -0.15) is 0 Å². The lowest BCUT2D eigenvalue weighted by Gasteiger charge is -2.36. The first-order valence-electron chi connectivity index (χ1n) is 6.51. The van der Waals surface area contributed by atoms with Crippen molar-refractivity contribution in [2.24, 2.45) is 0 Å². The van der Waals surface area contributed by atoms with Gasteiger partial charge in [-0.15, -0.1) is 11.8 Å². The van der Waals surface area contributed by atoms with E-state index in [9.17, 15) is 4.79 Å². The molecule has 1 N–H and O–H groups in total. The maximum absolute atomic E-state index is 12.2. The lowest BCUT2D eigenvalue weighted by atomic mass is 10.2.